The smallest absolute Gasteiger partial charge is 0.248 e. The van der Waals surface area contributed by atoms with E-state index in [0.29, 0.717) is 49.2 Å². The first-order valence-electron chi connectivity index (χ1n) is 8.83. The monoisotopic (exact) mass is 372 g/mol. The number of likely N-dealkylation sites (tertiary alicyclic amines) is 1. The summed E-state index contributed by atoms with van der Waals surface area (Å²) in [5.41, 5.74) is 0. The van der Waals surface area contributed by atoms with Crippen molar-refractivity contribution in [1.29, 1.82) is 0 Å². The van der Waals surface area contributed by atoms with Crippen LogP contribution >= 0.6 is 11.6 Å². The maximum atomic E-state index is 13.2. The number of carbonyl (C=O) groups is 1. The fourth-order valence-corrected chi connectivity index (χ4v) is 3.73. The zero-order valence-electron chi connectivity index (χ0n) is 14.1. The predicted octanol–water partition coefficient (Wildman–Crippen LogP) is 4.18. The quantitative estimate of drug-likeness (QED) is 0.796. The van der Waals surface area contributed by atoms with Gasteiger partial charge in [-0.15, -0.1) is 0 Å². The molecular weight excluding hydrogens is 350 g/mol. The summed E-state index contributed by atoms with van der Waals surface area (Å²) in [4.78, 5) is 18.3. The lowest BCUT2D eigenvalue weighted by molar-refractivity contribution is -0.141. The number of halogens is 3. The van der Waals surface area contributed by atoms with Gasteiger partial charge >= 0.3 is 0 Å². The minimum atomic E-state index is -2.59. The molecule has 2 heterocycles. The van der Waals surface area contributed by atoms with Gasteiger partial charge in [0.2, 0.25) is 11.8 Å². The zero-order valence-corrected chi connectivity index (χ0v) is 14.9. The number of alkyl halides is 2. The van der Waals surface area contributed by atoms with Crippen molar-refractivity contribution in [3.05, 3.63) is 23.5 Å². The van der Waals surface area contributed by atoms with E-state index in [-0.39, 0.29) is 24.7 Å². The molecule has 0 N–H and O–H groups in total. The number of nitrogens with zero attached hydrogens (tertiary/aromatic N) is 2. The van der Waals surface area contributed by atoms with E-state index < -0.39 is 5.92 Å². The molecule has 25 heavy (non-hydrogen) atoms. The topological polar surface area (TPSA) is 42.4 Å². The highest BCUT2D eigenvalue weighted by atomic mass is 35.5. The SMILES string of the molecule is O=C(C1CCC(F)(F)CC1)N1CCC(COc2ccncc2Cl)CC1. The number of pyridine rings is 1. The molecule has 1 aromatic rings. The zero-order chi connectivity index (χ0) is 17.9. The molecule has 0 unspecified atom stereocenters. The van der Waals surface area contributed by atoms with Crippen molar-refractivity contribution in [2.75, 3.05) is 19.7 Å². The van der Waals surface area contributed by atoms with Crippen LogP contribution in [0.5, 0.6) is 5.75 Å². The molecule has 1 amide bonds. The number of piperidine rings is 1. The van der Waals surface area contributed by atoms with Crippen LogP contribution in [-0.4, -0.2) is 41.4 Å². The first-order valence-corrected chi connectivity index (χ1v) is 9.21. The maximum Gasteiger partial charge on any atom is 0.248 e. The Morgan fingerprint density at radius 2 is 1.96 bits per heavy atom. The average Bonchev–Trinajstić information content (AvgIpc) is 2.61. The van der Waals surface area contributed by atoms with Crippen molar-refractivity contribution >= 4 is 17.5 Å². The minimum absolute atomic E-state index is 0.0482. The summed E-state index contributed by atoms with van der Waals surface area (Å²) >= 11 is 6.02. The highest BCUT2D eigenvalue weighted by Crippen LogP contribution is 2.37. The Bertz CT molecular complexity index is 596. The van der Waals surface area contributed by atoms with Gasteiger partial charge in [-0.3, -0.25) is 9.78 Å². The normalized spacial score (nSPS) is 22.0. The van der Waals surface area contributed by atoms with Crippen LogP contribution in [0.15, 0.2) is 18.5 Å². The lowest BCUT2D eigenvalue weighted by atomic mass is 9.85. The van der Waals surface area contributed by atoms with Gasteiger partial charge in [-0.1, -0.05) is 11.6 Å². The van der Waals surface area contributed by atoms with Crippen LogP contribution in [0.4, 0.5) is 8.78 Å². The highest BCUT2D eigenvalue weighted by molar-refractivity contribution is 6.31. The van der Waals surface area contributed by atoms with E-state index in [4.69, 9.17) is 16.3 Å². The standard InChI is InChI=1S/C18H23ClF2N2O2/c19-15-11-22-8-3-16(15)25-12-13-4-9-23(10-5-13)17(24)14-1-6-18(20,21)7-2-14/h3,8,11,13-14H,1-2,4-7,9-10,12H2. The Labute approximate surface area is 151 Å². The molecule has 1 aromatic heterocycles. The van der Waals surface area contributed by atoms with Crippen molar-refractivity contribution in [2.45, 2.75) is 44.4 Å². The van der Waals surface area contributed by atoms with Crippen molar-refractivity contribution in [3.63, 3.8) is 0 Å². The summed E-state index contributed by atoms with van der Waals surface area (Å²) in [6.07, 6.45) is 5.17. The Balaban J connectivity index is 1.42. The molecule has 2 aliphatic rings. The van der Waals surface area contributed by atoms with Crippen LogP contribution in [0.2, 0.25) is 5.02 Å². The largest absolute Gasteiger partial charge is 0.492 e. The van der Waals surface area contributed by atoms with E-state index in [0.717, 1.165) is 12.8 Å². The third kappa shape index (κ3) is 4.81. The summed E-state index contributed by atoms with van der Waals surface area (Å²) < 4.78 is 32.2. The number of hydrogen-bond acceptors (Lipinski definition) is 3. The van der Waals surface area contributed by atoms with E-state index in [2.05, 4.69) is 4.98 Å². The van der Waals surface area contributed by atoms with Crippen LogP contribution in [-0.2, 0) is 4.79 Å². The van der Waals surface area contributed by atoms with Gasteiger partial charge in [0, 0.05) is 50.3 Å². The molecule has 3 rings (SSSR count). The summed E-state index contributed by atoms with van der Waals surface area (Å²) in [5, 5.41) is 0.490. The molecule has 0 aromatic carbocycles. The third-order valence-electron chi connectivity index (χ3n) is 5.20. The summed E-state index contributed by atoms with van der Waals surface area (Å²) in [5.74, 6) is -1.78. The van der Waals surface area contributed by atoms with E-state index in [1.807, 2.05) is 4.90 Å². The molecule has 138 valence electrons. The van der Waals surface area contributed by atoms with Crippen molar-refractivity contribution < 1.29 is 18.3 Å². The van der Waals surface area contributed by atoms with Crippen LogP contribution in [0.1, 0.15) is 38.5 Å². The lowest BCUT2D eigenvalue weighted by Crippen LogP contribution is -2.44. The van der Waals surface area contributed by atoms with Crippen LogP contribution in [0.3, 0.4) is 0 Å². The van der Waals surface area contributed by atoms with E-state index in [9.17, 15) is 13.6 Å². The Kier molecular flexibility index (Phi) is 5.77. The second-order valence-corrected chi connectivity index (χ2v) is 7.42. The number of amides is 1. The highest BCUT2D eigenvalue weighted by Gasteiger charge is 2.39. The second-order valence-electron chi connectivity index (χ2n) is 7.02. The van der Waals surface area contributed by atoms with Gasteiger partial charge in [0.15, 0.2) is 0 Å². The van der Waals surface area contributed by atoms with Crippen LogP contribution in [0.25, 0.3) is 0 Å². The molecule has 1 aliphatic heterocycles. The molecule has 0 spiro atoms. The van der Waals surface area contributed by atoms with Crippen molar-refractivity contribution in [2.24, 2.45) is 11.8 Å². The average molecular weight is 373 g/mol. The van der Waals surface area contributed by atoms with E-state index in [1.54, 1.807) is 18.5 Å². The molecule has 0 bridgehead atoms. The molecule has 0 atom stereocenters. The Morgan fingerprint density at radius 3 is 2.60 bits per heavy atom. The van der Waals surface area contributed by atoms with Gasteiger partial charge in [0.25, 0.3) is 0 Å². The summed E-state index contributed by atoms with van der Waals surface area (Å²) in [7, 11) is 0. The van der Waals surface area contributed by atoms with E-state index >= 15 is 0 Å². The summed E-state index contributed by atoms with van der Waals surface area (Å²) in [6, 6.07) is 1.74. The van der Waals surface area contributed by atoms with E-state index in [1.165, 1.54) is 0 Å². The van der Waals surface area contributed by atoms with Gasteiger partial charge in [0.1, 0.15) is 10.8 Å². The fourth-order valence-electron chi connectivity index (χ4n) is 3.55. The number of ether oxygens (including phenoxy) is 1. The molecular formula is C18H23ClF2N2O2. The number of rotatable bonds is 4. The number of hydrogen-bond donors (Lipinski definition) is 0. The molecule has 4 nitrogen and oxygen atoms in total. The Morgan fingerprint density at radius 1 is 1.28 bits per heavy atom. The molecule has 1 saturated heterocycles. The second kappa shape index (κ2) is 7.85. The van der Waals surface area contributed by atoms with Crippen LogP contribution in [0, 0.1) is 11.8 Å². The Hall–Kier alpha value is -1.43. The first-order chi connectivity index (χ1) is 11.9. The number of carbonyl (C=O) groups excluding carboxylic acids is 1. The van der Waals surface area contributed by atoms with Gasteiger partial charge in [-0.2, -0.15) is 0 Å². The maximum absolute atomic E-state index is 13.2. The van der Waals surface area contributed by atoms with Crippen molar-refractivity contribution in [1.82, 2.24) is 9.88 Å². The molecule has 0 radical (unpaired) electrons. The molecule has 1 saturated carbocycles. The van der Waals surface area contributed by atoms with Gasteiger partial charge in [0.05, 0.1) is 6.61 Å². The fraction of sp³-hybridized carbons (Fsp3) is 0.667. The summed E-state index contributed by atoms with van der Waals surface area (Å²) in [6.45, 7) is 1.90. The van der Waals surface area contributed by atoms with Crippen LogP contribution < -0.4 is 4.74 Å². The minimum Gasteiger partial charge on any atom is -0.492 e. The molecule has 2 fully saturated rings. The van der Waals surface area contributed by atoms with Gasteiger partial charge in [-0.25, -0.2) is 8.78 Å². The number of aromatic nitrogens is 1. The lowest BCUT2D eigenvalue weighted by Gasteiger charge is -2.36. The molecule has 1 aliphatic carbocycles. The molecule has 7 heteroatoms. The van der Waals surface area contributed by atoms with Crippen molar-refractivity contribution in [3.8, 4) is 5.75 Å². The first kappa shape index (κ1) is 18.4. The predicted molar refractivity (Wildman–Crippen MR) is 91.0 cm³/mol. The van der Waals surface area contributed by atoms with Gasteiger partial charge in [-0.05, 0) is 31.6 Å². The van der Waals surface area contributed by atoms with Gasteiger partial charge < -0.3 is 9.64 Å². The third-order valence-corrected chi connectivity index (χ3v) is 5.49.